The van der Waals surface area contributed by atoms with Gasteiger partial charge in [0.25, 0.3) is 0 Å². The van der Waals surface area contributed by atoms with Crippen LogP contribution < -0.4 is 4.74 Å². The number of hydrogen-bond acceptors (Lipinski definition) is 1. The van der Waals surface area contributed by atoms with E-state index in [1.807, 2.05) is 0 Å². The smallest absolute Gasteiger partial charge is 0.387 e. The normalized spacial score (nSPS) is 18.2. The predicted octanol–water partition coefficient (Wildman–Crippen LogP) is 8.71. The van der Waals surface area contributed by atoms with E-state index >= 15 is 0 Å². The molecule has 2 aromatic rings. The Morgan fingerprint density at radius 3 is 1.94 bits per heavy atom. The highest BCUT2D eigenvalue weighted by molar-refractivity contribution is 5.45. The summed E-state index contributed by atoms with van der Waals surface area (Å²) in [5.41, 5.74) is 3.18. The van der Waals surface area contributed by atoms with Gasteiger partial charge in [0.2, 0.25) is 0 Å². The van der Waals surface area contributed by atoms with Crippen LogP contribution in [0.2, 0.25) is 0 Å². The third-order valence-corrected chi connectivity index (χ3v) is 6.63. The summed E-state index contributed by atoms with van der Waals surface area (Å²) in [7, 11) is 0. The van der Waals surface area contributed by atoms with Crippen molar-refractivity contribution in [3.8, 4) is 17.6 Å². The molecular weight excluding hydrogens is 402 g/mol. The van der Waals surface area contributed by atoms with E-state index in [0.29, 0.717) is 5.92 Å². The minimum atomic E-state index is -2.80. The van der Waals surface area contributed by atoms with Crippen LogP contribution in [0, 0.1) is 17.8 Å². The van der Waals surface area contributed by atoms with Gasteiger partial charge >= 0.3 is 6.61 Å². The zero-order valence-electron chi connectivity index (χ0n) is 19.3. The van der Waals surface area contributed by atoms with Gasteiger partial charge in [-0.1, -0.05) is 75.8 Å². The molecule has 1 saturated carbocycles. The van der Waals surface area contributed by atoms with Gasteiger partial charge in [-0.05, 0) is 79.5 Å². The molecule has 0 bridgehead atoms. The van der Waals surface area contributed by atoms with Crippen LogP contribution >= 0.6 is 0 Å². The Labute approximate surface area is 192 Å². The standard InChI is InChI=1S/C29H36F2O/c1-2-3-4-5-6-7-8-23-11-17-26(18-12-23)27-19-13-24(14-20-27)9-10-25-15-21-28(22-16-25)32-29(30)31/h13-16,19-23,26,29H,2-8,11-12,17-18H2,1H3/t23-,26-. The Kier molecular flexibility index (Phi) is 10.1. The van der Waals surface area contributed by atoms with Gasteiger partial charge in [-0.15, -0.1) is 0 Å². The second-order valence-corrected chi connectivity index (χ2v) is 9.05. The lowest BCUT2D eigenvalue weighted by Gasteiger charge is -2.29. The van der Waals surface area contributed by atoms with E-state index < -0.39 is 6.61 Å². The largest absolute Gasteiger partial charge is 0.435 e. The molecule has 32 heavy (non-hydrogen) atoms. The first-order valence-corrected chi connectivity index (χ1v) is 12.3. The van der Waals surface area contributed by atoms with Gasteiger partial charge < -0.3 is 4.74 Å². The zero-order valence-corrected chi connectivity index (χ0v) is 19.3. The summed E-state index contributed by atoms with van der Waals surface area (Å²) < 4.78 is 28.8. The quantitative estimate of drug-likeness (QED) is 0.266. The molecule has 0 aromatic heterocycles. The lowest BCUT2D eigenvalue weighted by atomic mass is 9.77. The summed E-state index contributed by atoms with van der Waals surface area (Å²) in [6, 6.07) is 15.1. The van der Waals surface area contributed by atoms with Crippen LogP contribution in [-0.4, -0.2) is 6.61 Å². The number of hydrogen-bond donors (Lipinski definition) is 0. The van der Waals surface area contributed by atoms with Crippen LogP contribution in [0.3, 0.4) is 0 Å². The molecule has 0 atom stereocenters. The van der Waals surface area contributed by atoms with Crippen molar-refractivity contribution in [3.63, 3.8) is 0 Å². The summed E-state index contributed by atoms with van der Waals surface area (Å²) in [6.07, 6.45) is 15.1. The highest BCUT2D eigenvalue weighted by Gasteiger charge is 2.21. The fourth-order valence-electron chi connectivity index (χ4n) is 4.70. The summed E-state index contributed by atoms with van der Waals surface area (Å²) in [5, 5.41) is 0. The first-order chi connectivity index (χ1) is 15.6. The van der Waals surface area contributed by atoms with Crippen LogP contribution in [0.5, 0.6) is 5.75 Å². The fraction of sp³-hybridized carbons (Fsp3) is 0.517. The Balaban J connectivity index is 1.42. The van der Waals surface area contributed by atoms with Gasteiger partial charge in [0, 0.05) is 11.1 Å². The first-order valence-electron chi connectivity index (χ1n) is 12.3. The molecule has 172 valence electrons. The number of rotatable bonds is 10. The van der Waals surface area contributed by atoms with Crippen molar-refractivity contribution in [3.05, 3.63) is 65.2 Å². The van der Waals surface area contributed by atoms with E-state index in [1.165, 1.54) is 88.3 Å². The Morgan fingerprint density at radius 1 is 0.781 bits per heavy atom. The number of unbranched alkanes of at least 4 members (excludes halogenated alkanes) is 5. The molecule has 0 radical (unpaired) electrons. The van der Waals surface area contributed by atoms with Crippen LogP contribution in [0.15, 0.2) is 48.5 Å². The summed E-state index contributed by atoms with van der Waals surface area (Å²) >= 11 is 0. The molecule has 0 heterocycles. The fourth-order valence-corrected chi connectivity index (χ4v) is 4.70. The Bertz CT molecular complexity index is 837. The van der Waals surface area contributed by atoms with E-state index in [-0.39, 0.29) is 5.75 Å². The first kappa shape index (κ1) is 24.3. The van der Waals surface area contributed by atoms with Crippen molar-refractivity contribution in [2.24, 2.45) is 5.92 Å². The number of benzene rings is 2. The second-order valence-electron chi connectivity index (χ2n) is 9.05. The van der Waals surface area contributed by atoms with E-state index in [0.717, 1.165) is 17.0 Å². The predicted molar refractivity (Wildman–Crippen MR) is 128 cm³/mol. The van der Waals surface area contributed by atoms with Crippen molar-refractivity contribution < 1.29 is 13.5 Å². The van der Waals surface area contributed by atoms with Crippen LogP contribution in [0.25, 0.3) is 0 Å². The molecule has 1 aliphatic rings. The molecule has 1 fully saturated rings. The molecular formula is C29H36F2O. The molecule has 0 aliphatic heterocycles. The summed E-state index contributed by atoms with van der Waals surface area (Å²) in [5.74, 6) is 8.01. The second kappa shape index (κ2) is 13.3. The molecule has 0 spiro atoms. The van der Waals surface area contributed by atoms with Crippen molar-refractivity contribution in [2.45, 2.75) is 90.1 Å². The minimum Gasteiger partial charge on any atom is -0.435 e. The maximum atomic E-state index is 12.2. The Morgan fingerprint density at radius 2 is 1.34 bits per heavy atom. The molecule has 3 heteroatoms. The zero-order chi connectivity index (χ0) is 22.6. The molecule has 3 rings (SSSR count). The van der Waals surface area contributed by atoms with E-state index in [9.17, 15) is 8.78 Å². The van der Waals surface area contributed by atoms with Crippen molar-refractivity contribution in [1.82, 2.24) is 0 Å². The molecule has 1 nitrogen and oxygen atoms in total. The van der Waals surface area contributed by atoms with Gasteiger partial charge in [0.15, 0.2) is 0 Å². The average Bonchev–Trinajstić information content (AvgIpc) is 2.81. The van der Waals surface area contributed by atoms with Gasteiger partial charge in [-0.2, -0.15) is 8.78 Å². The minimum absolute atomic E-state index is 0.150. The van der Waals surface area contributed by atoms with Crippen molar-refractivity contribution >= 4 is 0 Å². The SMILES string of the molecule is CCCCCCCC[C@H]1CC[C@H](c2ccc(C#Cc3ccc(OC(F)F)cc3)cc2)CC1. The highest BCUT2D eigenvalue weighted by Crippen LogP contribution is 2.37. The average molecular weight is 439 g/mol. The highest BCUT2D eigenvalue weighted by atomic mass is 19.3. The summed E-state index contributed by atoms with van der Waals surface area (Å²) in [6.45, 7) is -0.529. The van der Waals surface area contributed by atoms with Crippen LogP contribution in [0.4, 0.5) is 8.78 Å². The maximum Gasteiger partial charge on any atom is 0.387 e. The lowest BCUT2D eigenvalue weighted by molar-refractivity contribution is -0.0498. The number of ether oxygens (including phenoxy) is 1. The third-order valence-electron chi connectivity index (χ3n) is 6.63. The van der Waals surface area contributed by atoms with Crippen LogP contribution in [-0.2, 0) is 0 Å². The summed E-state index contributed by atoms with van der Waals surface area (Å²) in [4.78, 5) is 0. The molecule has 0 N–H and O–H groups in total. The Hall–Kier alpha value is -2.34. The van der Waals surface area contributed by atoms with Gasteiger partial charge in [-0.3, -0.25) is 0 Å². The van der Waals surface area contributed by atoms with E-state index in [1.54, 1.807) is 12.1 Å². The lowest BCUT2D eigenvalue weighted by Crippen LogP contribution is -2.13. The van der Waals surface area contributed by atoms with Gasteiger partial charge in [0.1, 0.15) is 5.75 Å². The topological polar surface area (TPSA) is 9.23 Å². The van der Waals surface area contributed by atoms with E-state index in [2.05, 4.69) is 47.8 Å². The molecule has 0 amide bonds. The van der Waals surface area contributed by atoms with Gasteiger partial charge in [-0.25, -0.2) is 0 Å². The molecule has 0 saturated heterocycles. The monoisotopic (exact) mass is 438 g/mol. The van der Waals surface area contributed by atoms with Crippen molar-refractivity contribution in [2.75, 3.05) is 0 Å². The van der Waals surface area contributed by atoms with E-state index in [4.69, 9.17) is 0 Å². The molecule has 0 unspecified atom stereocenters. The van der Waals surface area contributed by atoms with Gasteiger partial charge in [0.05, 0.1) is 0 Å². The maximum absolute atomic E-state index is 12.2. The molecule has 2 aromatic carbocycles. The van der Waals surface area contributed by atoms with Crippen molar-refractivity contribution in [1.29, 1.82) is 0 Å². The number of halogens is 2. The van der Waals surface area contributed by atoms with Crippen LogP contribution in [0.1, 0.15) is 100 Å². The molecule has 1 aliphatic carbocycles. The third kappa shape index (κ3) is 8.30. The number of alkyl halides is 2.